The summed E-state index contributed by atoms with van der Waals surface area (Å²) in [6.45, 7) is 1.68. The molecule has 100 valence electrons. The number of halogens is 2. The van der Waals surface area contributed by atoms with E-state index in [1.165, 1.54) is 0 Å². The maximum Gasteiger partial charge on any atom is 0.119 e. The largest absolute Gasteiger partial charge is 0.497 e. The summed E-state index contributed by atoms with van der Waals surface area (Å²) in [7, 11) is 1.58. The molecule has 2 aromatic rings. The van der Waals surface area contributed by atoms with Gasteiger partial charge in [0.25, 0.3) is 0 Å². The first-order chi connectivity index (χ1) is 8.95. The van der Waals surface area contributed by atoms with E-state index in [4.69, 9.17) is 27.9 Å². The van der Waals surface area contributed by atoms with Crippen LogP contribution in [0.25, 0.3) is 0 Å². The summed E-state index contributed by atoms with van der Waals surface area (Å²) in [5.74, 6) is 0.677. The van der Waals surface area contributed by atoms with Gasteiger partial charge in [-0.15, -0.1) is 0 Å². The fourth-order valence-electron chi connectivity index (χ4n) is 1.95. The average Bonchev–Trinajstić information content (AvgIpc) is 2.41. The van der Waals surface area contributed by atoms with Gasteiger partial charge in [0.1, 0.15) is 11.4 Å². The molecule has 2 aromatic carbocycles. The van der Waals surface area contributed by atoms with Crippen molar-refractivity contribution in [3.05, 3.63) is 63.6 Å². The molecule has 0 aromatic heterocycles. The van der Waals surface area contributed by atoms with Gasteiger partial charge < -0.3 is 9.84 Å². The average molecular weight is 297 g/mol. The van der Waals surface area contributed by atoms with E-state index in [1.807, 2.05) is 18.2 Å². The molecule has 0 aliphatic heterocycles. The van der Waals surface area contributed by atoms with Crippen molar-refractivity contribution < 1.29 is 9.84 Å². The molecule has 2 rings (SSSR count). The highest BCUT2D eigenvalue weighted by Crippen LogP contribution is 2.36. The second-order valence-electron chi connectivity index (χ2n) is 4.43. The number of rotatable bonds is 3. The highest BCUT2D eigenvalue weighted by Gasteiger charge is 2.28. The predicted octanol–water partition coefficient (Wildman–Crippen LogP) is 4.26. The quantitative estimate of drug-likeness (QED) is 0.917. The Bertz CT molecular complexity index is 594. The molecule has 4 heteroatoms. The predicted molar refractivity (Wildman–Crippen MR) is 78.1 cm³/mol. The summed E-state index contributed by atoms with van der Waals surface area (Å²) in [6, 6.07) is 12.3. The molecular formula is C15H14Cl2O2. The van der Waals surface area contributed by atoms with E-state index >= 15 is 0 Å². The fourth-order valence-corrected chi connectivity index (χ4v) is 2.43. The van der Waals surface area contributed by atoms with Gasteiger partial charge in [-0.2, -0.15) is 0 Å². The topological polar surface area (TPSA) is 29.5 Å². The molecule has 1 atom stereocenters. The molecule has 0 bridgehead atoms. The number of methoxy groups -OCH3 is 1. The standard InChI is InChI=1S/C15H14Cl2O2/c1-15(18,10-4-3-5-12(8-10)19-2)13-9-11(16)6-7-14(13)17/h3-9,18H,1-2H3. The third kappa shape index (κ3) is 2.86. The lowest BCUT2D eigenvalue weighted by Gasteiger charge is -2.26. The van der Waals surface area contributed by atoms with Crippen molar-refractivity contribution in [1.29, 1.82) is 0 Å². The molecule has 0 heterocycles. The lowest BCUT2D eigenvalue weighted by atomic mass is 9.88. The summed E-state index contributed by atoms with van der Waals surface area (Å²) in [5.41, 5.74) is 0.0159. The Balaban J connectivity index is 2.54. The summed E-state index contributed by atoms with van der Waals surface area (Å²) < 4.78 is 5.17. The van der Waals surface area contributed by atoms with Crippen molar-refractivity contribution >= 4 is 23.2 Å². The highest BCUT2D eigenvalue weighted by molar-refractivity contribution is 6.33. The minimum Gasteiger partial charge on any atom is -0.497 e. The van der Waals surface area contributed by atoms with Crippen LogP contribution in [0.4, 0.5) is 0 Å². The second-order valence-corrected chi connectivity index (χ2v) is 5.27. The van der Waals surface area contributed by atoms with Gasteiger partial charge in [-0.3, -0.25) is 0 Å². The van der Waals surface area contributed by atoms with Crippen LogP contribution in [0.15, 0.2) is 42.5 Å². The second kappa shape index (κ2) is 5.41. The third-order valence-corrected chi connectivity index (χ3v) is 3.65. The molecule has 0 saturated heterocycles. The monoisotopic (exact) mass is 296 g/mol. The Kier molecular flexibility index (Phi) is 4.04. The molecule has 0 spiro atoms. The summed E-state index contributed by atoms with van der Waals surface area (Å²) >= 11 is 12.1. The van der Waals surface area contributed by atoms with Crippen LogP contribution in [-0.4, -0.2) is 12.2 Å². The molecule has 1 unspecified atom stereocenters. The Labute approximate surface area is 122 Å². The first-order valence-corrected chi connectivity index (χ1v) is 6.53. The van der Waals surface area contributed by atoms with Crippen LogP contribution in [0.3, 0.4) is 0 Å². The van der Waals surface area contributed by atoms with E-state index in [9.17, 15) is 5.11 Å². The first kappa shape index (κ1) is 14.2. The molecule has 0 aliphatic rings. The molecule has 0 aliphatic carbocycles. The Morgan fingerprint density at radius 2 is 1.84 bits per heavy atom. The maximum absolute atomic E-state index is 10.8. The van der Waals surface area contributed by atoms with Crippen LogP contribution in [0.5, 0.6) is 5.75 Å². The van der Waals surface area contributed by atoms with Crippen molar-refractivity contribution in [2.45, 2.75) is 12.5 Å². The lowest BCUT2D eigenvalue weighted by Crippen LogP contribution is -2.23. The number of aliphatic hydroxyl groups is 1. The molecule has 1 N–H and O–H groups in total. The molecule has 2 nitrogen and oxygen atoms in total. The minimum atomic E-state index is -1.24. The van der Waals surface area contributed by atoms with Gasteiger partial charge in [-0.25, -0.2) is 0 Å². The van der Waals surface area contributed by atoms with Crippen LogP contribution >= 0.6 is 23.2 Å². The molecule has 0 saturated carbocycles. The van der Waals surface area contributed by atoms with Gasteiger partial charge in [0, 0.05) is 15.6 Å². The smallest absolute Gasteiger partial charge is 0.119 e. The SMILES string of the molecule is COc1cccc(C(C)(O)c2cc(Cl)ccc2Cl)c1. The van der Waals surface area contributed by atoms with Gasteiger partial charge in [-0.05, 0) is 42.8 Å². The Hall–Kier alpha value is -1.22. The van der Waals surface area contributed by atoms with Crippen molar-refractivity contribution in [3.63, 3.8) is 0 Å². The summed E-state index contributed by atoms with van der Waals surface area (Å²) in [4.78, 5) is 0. The fraction of sp³-hybridized carbons (Fsp3) is 0.200. The van der Waals surface area contributed by atoms with Crippen LogP contribution in [0.1, 0.15) is 18.1 Å². The van der Waals surface area contributed by atoms with Crippen LogP contribution < -0.4 is 4.74 Å². The van der Waals surface area contributed by atoms with Gasteiger partial charge in [0.2, 0.25) is 0 Å². The zero-order valence-corrected chi connectivity index (χ0v) is 12.2. The Morgan fingerprint density at radius 1 is 1.11 bits per heavy atom. The number of hydrogen-bond acceptors (Lipinski definition) is 2. The first-order valence-electron chi connectivity index (χ1n) is 5.77. The molecule has 0 radical (unpaired) electrons. The van der Waals surface area contributed by atoms with E-state index in [1.54, 1.807) is 38.3 Å². The molecule has 0 fully saturated rings. The van der Waals surface area contributed by atoms with Crippen molar-refractivity contribution in [1.82, 2.24) is 0 Å². The lowest BCUT2D eigenvalue weighted by molar-refractivity contribution is 0.102. The zero-order valence-electron chi connectivity index (χ0n) is 10.7. The zero-order chi connectivity index (χ0) is 14.0. The molecule has 0 amide bonds. The minimum absolute atomic E-state index is 0.470. The van der Waals surface area contributed by atoms with Crippen molar-refractivity contribution in [3.8, 4) is 5.75 Å². The van der Waals surface area contributed by atoms with E-state index in [0.717, 1.165) is 0 Å². The van der Waals surface area contributed by atoms with Crippen molar-refractivity contribution in [2.24, 2.45) is 0 Å². The van der Waals surface area contributed by atoms with E-state index in [-0.39, 0.29) is 0 Å². The van der Waals surface area contributed by atoms with Crippen molar-refractivity contribution in [2.75, 3.05) is 7.11 Å². The van der Waals surface area contributed by atoms with E-state index in [0.29, 0.717) is 26.9 Å². The van der Waals surface area contributed by atoms with Crippen LogP contribution in [-0.2, 0) is 5.60 Å². The van der Waals surface area contributed by atoms with Crippen LogP contribution in [0.2, 0.25) is 10.0 Å². The van der Waals surface area contributed by atoms with Gasteiger partial charge >= 0.3 is 0 Å². The highest BCUT2D eigenvalue weighted by atomic mass is 35.5. The molecule has 19 heavy (non-hydrogen) atoms. The third-order valence-electron chi connectivity index (χ3n) is 3.08. The number of hydrogen-bond donors (Lipinski definition) is 1. The number of benzene rings is 2. The van der Waals surface area contributed by atoms with Crippen LogP contribution in [0, 0.1) is 0 Å². The normalized spacial score (nSPS) is 13.9. The maximum atomic E-state index is 10.8. The van der Waals surface area contributed by atoms with Gasteiger partial charge in [-0.1, -0.05) is 35.3 Å². The van der Waals surface area contributed by atoms with Gasteiger partial charge in [0.05, 0.1) is 7.11 Å². The van der Waals surface area contributed by atoms with E-state index < -0.39 is 5.60 Å². The number of ether oxygens (including phenoxy) is 1. The Morgan fingerprint density at radius 3 is 2.53 bits per heavy atom. The summed E-state index contributed by atoms with van der Waals surface area (Å²) in [5, 5.41) is 11.8. The molecular weight excluding hydrogens is 283 g/mol. The van der Waals surface area contributed by atoms with Gasteiger partial charge in [0.15, 0.2) is 0 Å². The summed E-state index contributed by atoms with van der Waals surface area (Å²) in [6.07, 6.45) is 0. The van der Waals surface area contributed by atoms with E-state index in [2.05, 4.69) is 0 Å².